The highest BCUT2D eigenvalue weighted by molar-refractivity contribution is 8.13. The number of ether oxygens (including phenoxy) is 1. The summed E-state index contributed by atoms with van der Waals surface area (Å²) >= 11 is 1.33. The normalized spacial score (nSPS) is 23.3. The first-order valence-electron chi connectivity index (χ1n) is 5.10. The second kappa shape index (κ2) is 3.89. The van der Waals surface area contributed by atoms with Crippen molar-refractivity contribution >= 4 is 16.9 Å². The highest BCUT2D eigenvalue weighted by atomic mass is 32.2. The van der Waals surface area contributed by atoms with Crippen molar-refractivity contribution in [2.24, 2.45) is 0 Å². The molecule has 0 aromatic heterocycles. The molecule has 2 rings (SSSR count). The zero-order chi connectivity index (χ0) is 10.9. The summed E-state index contributed by atoms with van der Waals surface area (Å²) in [6.45, 7) is 3.85. The number of hydrogen-bond donors (Lipinski definition) is 0. The minimum atomic E-state index is -0.662. The predicted octanol–water partition coefficient (Wildman–Crippen LogP) is 2.66. The molecule has 0 fully saturated rings. The number of thioether (sulfide) groups is 1. The lowest BCUT2D eigenvalue weighted by Gasteiger charge is -2.21. The molecule has 2 nitrogen and oxygen atoms in total. The highest BCUT2D eigenvalue weighted by Gasteiger charge is 2.41. The van der Waals surface area contributed by atoms with Crippen LogP contribution in [0.15, 0.2) is 24.3 Å². The van der Waals surface area contributed by atoms with E-state index in [0.717, 1.165) is 17.1 Å². The van der Waals surface area contributed by atoms with Crippen molar-refractivity contribution in [1.82, 2.24) is 0 Å². The van der Waals surface area contributed by atoms with Crippen molar-refractivity contribution in [3.8, 4) is 5.75 Å². The van der Waals surface area contributed by atoms with E-state index >= 15 is 0 Å². The molecule has 1 aromatic rings. The molecule has 0 aliphatic carbocycles. The van der Waals surface area contributed by atoms with Gasteiger partial charge < -0.3 is 4.74 Å². The average molecular weight is 222 g/mol. The van der Waals surface area contributed by atoms with Crippen molar-refractivity contribution in [2.75, 3.05) is 5.75 Å². The van der Waals surface area contributed by atoms with Crippen LogP contribution in [0.1, 0.15) is 19.4 Å². The first-order valence-corrected chi connectivity index (χ1v) is 6.08. The van der Waals surface area contributed by atoms with Crippen LogP contribution in [0.25, 0.3) is 0 Å². The number of hydrogen-bond acceptors (Lipinski definition) is 3. The lowest BCUT2D eigenvalue weighted by atomic mass is 10.0. The molecule has 80 valence electrons. The number of rotatable bonds is 2. The van der Waals surface area contributed by atoms with Crippen molar-refractivity contribution in [3.63, 3.8) is 0 Å². The summed E-state index contributed by atoms with van der Waals surface area (Å²) in [6.07, 6.45) is 0.689. The van der Waals surface area contributed by atoms with Crippen LogP contribution in [-0.2, 0) is 11.2 Å². The van der Waals surface area contributed by atoms with E-state index in [1.54, 1.807) is 0 Å². The van der Waals surface area contributed by atoms with E-state index < -0.39 is 5.60 Å². The van der Waals surface area contributed by atoms with Gasteiger partial charge in [0.1, 0.15) is 5.75 Å². The van der Waals surface area contributed by atoms with E-state index in [0.29, 0.717) is 6.42 Å². The molecule has 3 heteroatoms. The Morgan fingerprint density at radius 2 is 2.27 bits per heavy atom. The maximum atomic E-state index is 11.9. The molecule has 0 amide bonds. The lowest BCUT2D eigenvalue weighted by Crippen LogP contribution is -2.38. The first-order chi connectivity index (χ1) is 7.15. The molecule has 1 unspecified atom stereocenters. The van der Waals surface area contributed by atoms with E-state index in [2.05, 4.69) is 0 Å². The highest BCUT2D eigenvalue weighted by Crippen LogP contribution is 2.37. The Labute approximate surface area is 94.0 Å². The fraction of sp³-hybridized carbons (Fsp3) is 0.417. The largest absolute Gasteiger partial charge is 0.478 e. The van der Waals surface area contributed by atoms with E-state index in [1.807, 2.05) is 38.1 Å². The Hall–Kier alpha value is -0.960. The first kappa shape index (κ1) is 10.6. The van der Waals surface area contributed by atoms with Gasteiger partial charge in [-0.3, -0.25) is 4.79 Å². The summed E-state index contributed by atoms with van der Waals surface area (Å²) in [6, 6.07) is 7.85. The third kappa shape index (κ3) is 1.88. The van der Waals surface area contributed by atoms with Gasteiger partial charge in [-0.15, -0.1) is 0 Å². The summed E-state index contributed by atoms with van der Waals surface area (Å²) < 4.78 is 5.74. The standard InChI is InChI=1S/C12H14O2S/c1-3-15-11(13)12(2)8-9-6-4-5-7-10(9)14-12/h4-7H,3,8H2,1-2H3. The van der Waals surface area contributed by atoms with Gasteiger partial charge >= 0.3 is 0 Å². The van der Waals surface area contributed by atoms with Gasteiger partial charge in [-0.05, 0) is 24.3 Å². The topological polar surface area (TPSA) is 26.3 Å². The molecule has 0 bridgehead atoms. The van der Waals surface area contributed by atoms with Gasteiger partial charge in [0.15, 0.2) is 5.60 Å². The van der Waals surface area contributed by atoms with Gasteiger partial charge in [-0.25, -0.2) is 0 Å². The maximum Gasteiger partial charge on any atom is 0.232 e. The molecule has 0 radical (unpaired) electrons. The molecular weight excluding hydrogens is 208 g/mol. The maximum absolute atomic E-state index is 11.9. The molecule has 1 aromatic carbocycles. The molecule has 1 aliphatic rings. The Balaban J connectivity index is 2.21. The van der Waals surface area contributed by atoms with Crippen molar-refractivity contribution in [2.45, 2.75) is 25.9 Å². The second-order valence-electron chi connectivity index (χ2n) is 3.84. The fourth-order valence-electron chi connectivity index (χ4n) is 1.79. The quantitative estimate of drug-likeness (QED) is 0.769. The van der Waals surface area contributed by atoms with Gasteiger partial charge in [0.05, 0.1) is 0 Å². The molecule has 15 heavy (non-hydrogen) atoms. The molecule has 0 saturated heterocycles. The molecule has 1 heterocycles. The van der Waals surface area contributed by atoms with Crippen LogP contribution < -0.4 is 4.74 Å². The lowest BCUT2D eigenvalue weighted by molar-refractivity contribution is -0.122. The Morgan fingerprint density at radius 1 is 1.53 bits per heavy atom. The van der Waals surface area contributed by atoms with Gasteiger partial charge in [-0.2, -0.15) is 0 Å². The Kier molecular flexibility index (Phi) is 2.74. The molecule has 1 aliphatic heterocycles. The minimum Gasteiger partial charge on any atom is -0.478 e. The third-order valence-electron chi connectivity index (χ3n) is 2.54. The molecular formula is C12H14O2S. The molecule has 0 N–H and O–H groups in total. The van der Waals surface area contributed by atoms with Gasteiger partial charge in [0, 0.05) is 6.42 Å². The summed E-state index contributed by atoms with van der Waals surface area (Å²) in [5, 5.41) is 0.126. The van der Waals surface area contributed by atoms with E-state index in [1.165, 1.54) is 11.8 Å². The number of fused-ring (bicyclic) bond motifs is 1. The van der Waals surface area contributed by atoms with Gasteiger partial charge in [0.2, 0.25) is 5.12 Å². The summed E-state index contributed by atoms with van der Waals surface area (Å²) in [5.74, 6) is 1.65. The molecule has 0 saturated carbocycles. The van der Waals surface area contributed by atoms with Gasteiger partial charge in [-0.1, -0.05) is 36.9 Å². The van der Waals surface area contributed by atoms with Crippen LogP contribution >= 0.6 is 11.8 Å². The van der Waals surface area contributed by atoms with Crippen LogP contribution in [0.5, 0.6) is 5.75 Å². The fourth-order valence-corrected chi connectivity index (χ4v) is 2.47. The Bertz CT molecular complexity index is 362. The van der Waals surface area contributed by atoms with Crippen LogP contribution in [0, 0.1) is 0 Å². The van der Waals surface area contributed by atoms with Gasteiger partial charge in [0.25, 0.3) is 0 Å². The summed E-state index contributed by atoms with van der Waals surface area (Å²) in [4.78, 5) is 11.9. The predicted molar refractivity (Wildman–Crippen MR) is 62.3 cm³/mol. The minimum absolute atomic E-state index is 0.126. The van der Waals surface area contributed by atoms with Crippen LogP contribution in [-0.4, -0.2) is 16.5 Å². The van der Waals surface area contributed by atoms with Crippen LogP contribution in [0.3, 0.4) is 0 Å². The van der Waals surface area contributed by atoms with Crippen LogP contribution in [0.2, 0.25) is 0 Å². The van der Waals surface area contributed by atoms with E-state index in [-0.39, 0.29) is 5.12 Å². The Morgan fingerprint density at radius 3 is 2.93 bits per heavy atom. The number of benzene rings is 1. The van der Waals surface area contributed by atoms with Crippen LogP contribution in [0.4, 0.5) is 0 Å². The summed E-state index contributed by atoms with van der Waals surface area (Å²) in [7, 11) is 0. The van der Waals surface area contributed by atoms with Crippen molar-refractivity contribution in [1.29, 1.82) is 0 Å². The number of para-hydroxylation sites is 1. The van der Waals surface area contributed by atoms with Crippen molar-refractivity contribution in [3.05, 3.63) is 29.8 Å². The molecule has 0 spiro atoms. The number of carbonyl (C=O) groups is 1. The van der Waals surface area contributed by atoms with E-state index in [9.17, 15) is 4.79 Å². The van der Waals surface area contributed by atoms with Crippen molar-refractivity contribution < 1.29 is 9.53 Å². The molecule has 1 atom stereocenters. The van der Waals surface area contributed by atoms with E-state index in [4.69, 9.17) is 4.74 Å². The zero-order valence-electron chi connectivity index (χ0n) is 8.95. The monoisotopic (exact) mass is 222 g/mol. The SMILES string of the molecule is CCSC(=O)C1(C)Cc2ccccc2O1. The summed E-state index contributed by atoms with van der Waals surface area (Å²) in [5.41, 5.74) is 0.467. The zero-order valence-corrected chi connectivity index (χ0v) is 9.76. The third-order valence-corrected chi connectivity index (χ3v) is 3.53. The average Bonchev–Trinajstić information content (AvgIpc) is 2.56. The smallest absolute Gasteiger partial charge is 0.232 e. The number of carbonyl (C=O) groups excluding carboxylic acids is 1. The second-order valence-corrected chi connectivity index (χ2v) is 5.07.